The summed E-state index contributed by atoms with van der Waals surface area (Å²) < 4.78 is 76.1. The SMILES string of the molecule is CCCCCCCCCCCCCCCCCC1N(Cc2ccccc2)c2ccccc2N1S(=O)(=O)[O-].CCCCCCCCCCCCCCCCCC1N(Cc2ccccc2)c2ccccc2N1S(=O)(=O)[O-].[Ca+2]. The van der Waals surface area contributed by atoms with Crippen molar-refractivity contribution in [2.75, 3.05) is 18.4 Å². The van der Waals surface area contributed by atoms with Crippen LogP contribution in [-0.2, 0) is 33.7 Å². The zero-order valence-electron chi connectivity index (χ0n) is 46.4. The van der Waals surface area contributed by atoms with Gasteiger partial charge in [-0.3, -0.25) is 8.61 Å². The van der Waals surface area contributed by atoms with E-state index >= 15 is 0 Å². The minimum absolute atomic E-state index is 0. The second kappa shape index (κ2) is 37.1. The maximum Gasteiger partial charge on any atom is 2.00 e. The third kappa shape index (κ3) is 23.2. The van der Waals surface area contributed by atoms with E-state index in [1.165, 1.54) is 167 Å². The molecule has 2 aliphatic heterocycles. The van der Waals surface area contributed by atoms with Crippen LogP contribution in [0.25, 0.3) is 0 Å². The third-order valence-corrected chi connectivity index (χ3v) is 17.0. The first-order valence-corrected chi connectivity index (χ1v) is 32.1. The van der Waals surface area contributed by atoms with Gasteiger partial charge < -0.3 is 18.9 Å². The van der Waals surface area contributed by atoms with Gasteiger partial charge in [0.25, 0.3) is 0 Å². The number of fused-ring (bicyclic) bond motifs is 2. The van der Waals surface area contributed by atoms with Gasteiger partial charge in [0.05, 0.1) is 22.7 Å². The molecule has 6 rings (SSSR count). The van der Waals surface area contributed by atoms with Crippen LogP contribution in [0.2, 0.25) is 0 Å². The molecule has 0 bridgehead atoms. The van der Waals surface area contributed by atoms with Crippen molar-refractivity contribution in [2.24, 2.45) is 0 Å². The fourth-order valence-corrected chi connectivity index (χ4v) is 12.9. The molecule has 75 heavy (non-hydrogen) atoms. The van der Waals surface area contributed by atoms with Gasteiger partial charge in [0.15, 0.2) is 20.6 Å². The van der Waals surface area contributed by atoms with Crippen LogP contribution in [0, 0.1) is 0 Å². The molecule has 0 amide bonds. The fourth-order valence-electron chi connectivity index (χ4n) is 11.1. The van der Waals surface area contributed by atoms with Crippen molar-refractivity contribution in [3.05, 3.63) is 120 Å². The summed E-state index contributed by atoms with van der Waals surface area (Å²) in [5, 5.41) is 0. The van der Waals surface area contributed by atoms with Gasteiger partial charge in [-0.1, -0.05) is 279 Å². The first-order chi connectivity index (χ1) is 36.0. The molecule has 2 atom stereocenters. The predicted molar refractivity (Wildman–Crippen MR) is 315 cm³/mol. The van der Waals surface area contributed by atoms with Crippen molar-refractivity contribution >= 4 is 81.1 Å². The molecular formula is C62H94CaN4O6S2. The molecule has 0 saturated carbocycles. The average molecular weight is 1100 g/mol. The zero-order chi connectivity index (χ0) is 52.7. The van der Waals surface area contributed by atoms with Crippen molar-refractivity contribution in [2.45, 2.75) is 245 Å². The molecule has 2 aliphatic rings. The molecule has 4 aromatic rings. The minimum atomic E-state index is -4.62. The van der Waals surface area contributed by atoms with Gasteiger partial charge in [0.1, 0.15) is 12.3 Å². The number of hydrogen-bond donors (Lipinski definition) is 0. The summed E-state index contributed by atoms with van der Waals surface area (Å²) in [7, 11) is -9.24. The van der Waals surface area contributed by atoms with Gasteiger partial charge in [-0.2, -0.15) is 0 Å². The Labute approximate surface area is 486 Å². The van der Waals surface area contributed by atoms with E-state index in [2.05, 4.69) is 23.6 Å². The molecule has 4 aromatic carbocycles. The van der Waals surface area contributed by atoms with Crippen LogP contribution in [0.5, 0.6) is 0 Å². The Morgan fingerprint density at radius 2 is 0.560 bits per heavy atom. The molecule has 0 radical (unpaired) electrons. The van der Waals surface area contributed by atoms with Crippen LogP contribution in [0.4, 0.5) is 22.7 Å². The van der Waals surface area contributed by atoms with E-state index in [1.807, 2.05) is 84.9 Å². The number of nitrogens with zero attached hydrogens (tertiary/aromatic N) is 4. The molecule has 0 spiro atoms. The summed E-state index contributed by atoms with van der Waals surface area (Å²) >= 11 is 0. The fraction of sp³-hybridized carbons (Fsp3) is 0.613. The Kier molecular flexibility index (Phi) is 32.0. The van der Waals surface area contributed by atoms with Crippen LogP contribution in [0.15, 0.2) is 109 Å². The van der Waals surface area contributed by atoms with Gasteiger partial charge in [-0.25, -0.2) is 16.8 Å². The van der Waals surface area contributed by atoms with Crippen LogP contribution < -0.4 is 18.4 Å². The molecule has 0 N–H and O–H groups in total. The number of unbranched alkanes of at least 4 members (excludes halogenated alkanes) is 28. The quantitative estimate of drug-likeness (QED) is 0.0247. The van der Waals surface area contributed by atoms with Gasteiger partial charge in [0.2, 0.25) is 0 Å². The van der Waals surface area contributed by atoms with Crippen LogP contribution in [-0.4, -0.2) is 76.0 Å². The molecule has 0 saturated heterocycles. The molecule has 2 heterocycles. The van der Waals surface area contributed by atoms with Crippen molar-refractivity contribution in [3.8, 4) is 0 Å². The zero-order valence-corrected chi connectivity index (χ0v) is 50.2. The average Bonchev–Trinajstić information content (AvgIpc) is 3.88. The molecule has 412 valence electrons. The number of anilines is 4. The standard InChI is InChI=1S/2C31H48N2O3S.Ca/c2*1-2-3-4-5-6-7-8-9-10-11-12-13-14-15-19-26-31-32(27-28-22-17-16-18-23-28)29-24-20-21-25-30(29)33(31)37(34,35)36;/h2*16-18,20-25,31H,2-15,19,26-27H2,1H3,(H,34,35,36);/q;;+2/p-2. The summed E-state index contributed by atoms with van der Waals surface area (Å²) in [6.07, 6.45) is 39.2. The Hall–Kier alpha value is -2.84. The Morgan fingerprint density at radius 3 is 0.813 bits per heavy atom. The predicted octanol–water partition coefficient (Wildman–Crippen LogP) is 16.7. The summed E-state index contributed by atoms with van der Waals surface area (Å²) in [5.74, 6) is 0. The van der Waals surface area contributed by atoms with E-state index in [-0.39, 0.29) is 37.7 Å². The number of benzene rings is 4. The van der Waals surface area contributed by atoms with Gasteiger partial charge >= 0.3 is 37.7 Å². The minimum Gasteiger partial charge on any atom is -0.731 e. The van der Waals surface area contributed by atoms with Crippen molar-refractivity contribution in [1.82, 2.24) is 0 Å². The summed E-state index contributed by atoms with van der Waals surface area (Å²) in [4.78, 5) is 4.17. The van der Waals surface area contributed by atoms with E-state index in [0.717, 1.165) is 56.8 Å². The Morgan fingerprint density at radius 1 is 0.333 bits per heavy atom. The van der Waals surface area contributed by atoms with Gasteiger partial charge in [-0.15, -0.1) is 0 Å². The van der Waals surface area contributed by atoms with Crippen molar-refractivity contribution < 1.29 is 25.9 Å². The Bertz CT molecular complexity index is 2160. The van der Waals surface area contributed by atoms with Gasteiger partial charge in [-0.05, 0) is 61.1 Å². The molecular weight excluding hydrogens is 1000 g/mol. The molecule has 2 unspecified atom stereocenters. The van der Waals surface area contributed by atoms with E-state index in [9.17, 15) is 25.9 Å². The topological polar surface area (TPSA) is 127 Å². The van der Waals surface area contributed by atoms with Crippen LogP contribution >= 0.6 is 0 Å². The maximum atomic E-state index is 12.3. The first kappa shape index (κ1) is 64.7. The number of rotatable bonds is 38. The molecule has 10 nitrogen and oxygen atoms in total. The second-order valence-electron chi connectivity index (χ2n) is 21.1. The number of para-hydroxylation sites is 4. The van der Waals surface area contributed by atoms with E-state index < -0.39 is 32.9 Å². The van der Waals surface area contributed by atoms with E-state index in [1.54, 1.807) is 24.3 Å². The van der Waals surface area contributed by atoms with E-state index in [4.69, 9.17) is 0 Å². The normalized spacial score (nSPS) is 15.1. The smallest absolute Gasteiger partial charge is 0.731 e. The molecule has 13 heteroatoms. The van der Waals surface area contributed by atoms with E-state index in [0.29, 0.717) is 37.3 Å². The van der Waals surface area contributed by atoms with Gasteiger partial charge in [0, 0.05) is 13.1 Å². The summed E-state index contributed by atoms with van der Waals surface area (Å²) in [5.41, 5.74) is 4.83. The molecule has 0 aliphatic carbocycles. The summed E-state index contributed by atoms with van der Waals surface area (Å²) in [6.45, 7) is 5.69. The van der Waals surface area contributed by atoms with Crippen LogP contribution in [0.3, 0.4) is 0 Å². The van der Waals surface area contributed by atoms with Crippen LogP contribution in [0.1, 0.15) is 230 Å². The maximum absolute atomic E-state index is 12.3. The largest absolute Gasteiger partial charge is 2.00 e. The molecule has 0 fully saturated rings. The van der Waals surface area contributed by atoms with Crippen molar-refractivity contribution in [3.63, 3.8) is 0 Å². The monoisotopic (exact) mass is 1090 g/mol. The third-order valence-electron chi connectivity index (χ3n) is 15.1. The first-order valence-electron chi connectivity index (χ1n) is 29.3. The Balaban J connectivity index is 0.000000320. The van der Waals surface area contributed by atoms with Crippen molar-refractivity contribution in [1.29, 1.82) is 0 Å². The number of hydrogen-bond acceptors (Lipinski definition) is 8. The second-order valence-corrected chi connectivity index (χ2v) is 23.6. The molecule has 0 aromatic heterocycles. The summed E-state index contributed by atoms with van der Waals surface area (Å²) in [6, 6.07) is 34.8.